The molecule has 0 fully saturated rings. The zero-order valence-electron chi connectivity index (χ0n) is 11.5. The molecule has 3 nitrogen and oxygen atoms in total. The number of hydrogen-bond donors (Lipinski definition) is 1. The van der Waals surface area contributed by atoms with Crippen LogP contribution >= 0.6 is 34.2 Å². The van der Waals surface area contributed by atoms with E-state index < -0.39 is 0 Å². The number of benzene rings is 2. The largest absolute Gasteiger partial charge is 0.493 e. The molecule has 0 spiro atoms. The fourth-order valence-electron chi connectivity index (χ4n) is 1.77. The van der Waals surface area contributed by atoms with E-state index in [9.17, 15) is 4.79 Å². The average Bonchev–Trinajstić information content (AvgIpc) is 2.42. The van der Waals surface area contributed by atoms with Crippen LogP contribution in [-0.2, 0) is 4.79 Å². The number of ether oxygens (including phenoxy) is 1. The monoisotopic (exact) mass is 415 g/mol. The van der Waals surface area contributed by atoms with Crippen molar-refractivity contribution < 1.29 is 9.53 Å². The zero-order valence-corrected chi connectivity index (χ0v) is 14.4. The van der Waals surface area contributed by atoms with Crippen molar-refractivity contribution in [1.82, 2.24) is 0 Å². The first-order valence-corrected chi connectivity index (χ1v) is 7.94. The van der Waals surface area contributed by atoms with Crippen molar-refractivity contribution in [3.05, 3.63) is 56.6 Å². The highest BCUT2D eigenvalue weighted by atomic mass is 127. The Morgan fingerprint density at radius 3 is 2.81 bits per heavy atom. The van der Waals surface area contributed by atoms with Gasteiger partial charge in [-0.1, -0.05) is 23.7 Å². The van der Waals surface area contributed by atoms with Crippen LogP contribution < -0.4 is 10.1 Å². The van der Waals surface area contributed by atoms with Gasteiger partial charge in [0.1, 0.15) is 5.75 Å². The zero-order chi connectivity index (χ0) is 15.2. The lowest BCUT2D eigenvalue weighted by Crippen LogP contribution is -2.15. The van der Waals surface area contributed by atoms with Gasteiger partial charge in [0.2, 0.25) is 5.91 Å². The van der Waals surface area contributed by atoms with E-state index in [1.165, 1.54) is 0 Å². The van der Waals surface area contributed by atoms with Gasteiger partial charge in [-0.15, -0.1) is 0 Å². The Morgan fingerprint density at radius 2 is 2.10 bits per heavy atom. The molecule has 1 N–H and O–H groups in total. The number of aryl methyl sites for hydroxylation is 1. The van der Waals surface area contributed by atoms with Crippen molar-refractivity contribution in [3.8, 4) is 5.75 Å². The lowest BCUT2D eigenvalue weighted by Gasteiger charge is -2.09. The highest BCUT2D eigenvalue weighted by molar-refractivity contribution is 14.1. The number of anilines is 1. The van der Waals surface area contributed by atoms with Crippen LogP contribution in [-0.4, -0.2) is 12.5 Å². The summed E-state index contributed by atoms with van der Waals surface area (Å²) in [5.41, 5.74) is 1.90. The smallest absolute Gasteiger partial charge is 0.227 e. The number of nitrogens with one attached hydrogen (secondary N) is 1. The second-order valence-corrected chi connectivity index (χ2v) is 6.19. The van der Waals surface area contributed by atoms with Crippen LogP contribution in [0.3, 0.4) is 0 Å². The number of halogens is 2. The third-order valence-electron chi connectivity index (χ3n) is 2.79. The van der Waals surface area contributed by atoms with Crippen molar-refractivity contribution >= 4 is 45.8 Å². The third kappa shape index (κ3) is 5.21. The summed E-state index contributed by atoms with van der Waals surface area (Å²) >= 11 is 8.02. The lowest BCUT2D eigenvalue weighted by molar-refractivity contribution is -0.116. The van der Waals surface area contributed by atoms with Gasteiger partial charge in [-0.3, -0.25) is 4.79 Å². The van der Waals surface area contributed by atoms with Crippen LogP contribution in [0.15, 0.2) is 42.5 Å². The Balaban J connectivity index is 1.82. The molecule has 0 atom stereocenters. The van der Waals surface area contributed by atoms with Crippen molar-refractivity contribution in [2.75, 3.05) is 11.9 Å². The van der Waals surface area contributed by atoms with E-state index in [2.05, 4.69) is 27.9 Å². The van der Waals surface area contributed by atoms with Gasteiger partial charge in [-0.25, -0.2) is 0 Å². The first-order valence-electron chi connectivity index (χ1n) is 6.49. The fourth-order valence-corrected chi connectivity index (χ4v) is 2.78. The van der Waals surface area contributed by atoms with E-state index in [-0.39, 0.29) is 5.91 Å². The molecule has 0 bridgehead atoms. The number of carbonyl (C=O) groups is 1. The van der Waals surface area contributed by atoms with E-state index in [0.29, 0.717) is 18.1 Å². The minimum Gasteiger partial charge on any atom is -0.493 e. The molecule has 2 aromatic rings. The molecule has 2 rings (SSSR count). The second kappa shape index (κ2) is 7.66. The average molecular weight is 416 g/mol. The van der Waals surface area contributed by atoms with E-state index in [4.69, 9.17) is 16.3 Å². The van der Waals surface area contributed by atoms with Gasteiger partial charge in [0.15, 0.2) is 0 Å². The highest BCUT2D eigenvalue weighted by Crippen LogP contribution is 2.22. The summed E-state index contributed by atoms with van der Waals surface area (Å²) in [6, 6.07) is 13.1. The summed E-state index contributed by atoms with van der Waals surface area (Å²) in [7, 11) is 0. The van der Waals surface area contributed by atoms with Crippen LogP contribution in [0.4, 0.5) is 5.69 Å². The van der Waals surface area contributed by atoms with Gasteiger partial charge in [-0.05, 0) is 65.4 Å². The van der Waals surface area contributed by atoms with Crippen LogP contribution in [0.1, 0.15) is 12.0 Å². The van der Waals surface area contributed by atoms with Crippen LogP contribution in [0.2, 0.25) is 5.02 Å². The fraction of sp³-hybridized carbons (Fsp3) is 0.188. The summed E-state index contributed by atoms with van der Waals surface area (Å²) in [5.74, 6) is 0.701. The molecule has 21 heavy (non-hydrogen) atoms. The van der Waals surface area contributed by atoms with Gasteiger partial charge in [0, 0.05) is 8.59 Å². The quantitative estimate of drug-likeness (QED) is 0.721. The van der Waals surface area contributed by atoms with Gasteiger partial charge < -0.3 is 10.1 Å². The molecule has 2 aromatic carbocycles. The molecule has 0 aliphatic rings. The van der Waals surface area contributed by atoms with Crippen LogP contribution in [0.5, 0.6) is 5.75 Å². The molecule has 0 aliphatic heterocycles. The summed E-state index contributed by atoms with van der Waals surface area (Å²) < 4.78 is 6.47. The molecule has 0 saturated heterocycles. The SMILES string of the molecule is Cc1cccc(OCCC(=O)Nc2ccc(Cl)cc2I)c1. The molecular formula is C16H15ClINO2. The second-order valence-electron chi connectivity index (χ2n) is 4.59. The van der Waals surface area contributed by atoms with Gasteiger partial charge >= 0.3 is 0 Å². The molecular weight excluding hydrogens is 401 g/mol. The minimum atomic E-state index is -0.0807. The standard InChI is InChI=1S/C16H15ClINO2/c1-11-3-2-4-13(9-11)21-8-7-16(20)19-15-6-5-12(17)10-14(15)18/h2-6,9-10H,7-8H2,1H3,(H,19,20). The van der Waals surface area contributed by atoms with Crippen molar-refractivity contribution in [3.63, 3.8) is 0 Å². The van der Waals surface area contributed by atoms with Crippen molar-refractivity contribution in [2.24, 2.45) is 0 Å². The maximum absolute atomic E-state index is 11.9. The molecule has 0 aromatic heterocycles. The summed E-state index contributed by atoms with van der Waals surface area (Å²) in [5, 5.41) is 3.50. The summed E-state index contributed by atoms with van der Waals surface area (Å²) in [6.45, 7) is 2.35. The Hall–Kier alpha value is -1.27. The lowest BCUT2D eigenvalue weighted by atomic mass is 10.2. The van der Waals surface area contributed by atoms with Gasteiger partial charge in [-0.2, -0.15) is 0 Å². The van der Waals surface area contributed by atoms with Gasteiger partial charge in [0.25, 0.3) is 0 Å². The normalized spacial score (nSPS) is 10.2. The maximum atomic E-state index is 11.9. The van der Waals surface area contributed by atoms with E-state index >= 15 is 0 Å². The molecule has 0 aliphatic carbocycles. The predicted molar refractivity (Wildman–Crippen MR) is 94.1 cm³/mol. The Labute approximate surface area is 142 Å². The first kappa shape index (κ1) is 16.1. The van der Waals surface area contributed by atoms with Crippen molar-refractivity contribution in [2.45, 2.75) is 13.3 Å². The molecule has 0 heterocycles. The Kier molecular flexibility index (Phi) is 5.87. The maximum Gasteiger partial charge on any atom is 0.227 e. The number of rotatable bonds is 5. The molecule has 0 unspecified atom stereocenters. The summed E-state index contributed by atoms with van der Waals surface area (Å²) in [4.78, 5) is 11.9. The van der Waals surface area contributed by atoms with E-state index in [1.807, 2.05) is 31.2 Å². The summed E-state index contributed by atoms with van der Waals surface area (Å²) in [6.07, 6.45) is 0.298. The molecule has 1 amide bonds. The predicted octanol–water partition coefficient (Wildman–Crippen LogP) is 4.66. The van der Waals surface area contributed by atoms with E-state index in [1.54, 1.807) is 18.2 Å². The topological polar surface area (TPSA) is 38.3 Å². The first-order chi connectivity index (χ1) is 10.0. The number of amides is 1. The van der Waals surface area contributed by atoms with Gasteiger partial charge in [0.05, 0.1) is 18.7 Å². The number of carbonyl (C=O) groups excluding carboxylic acids is 1. The Bertz CT molecular complexity index is 646. The molecule has 5 heteroatoms. The molecule has 110 valence electrons. The molecule has 0 saturated carbocycles. The van der Waals surface area contributed by atoms with Crippen molar-refractivity contribution in [1.29, 1.82) is 0 Å². The van der Waals surface area contributed by atoms with Crippen LogP contribution in [0.25, 0.3) is 0 Å². The van der Waals surface area contributed by atoms with E-state index in [0.717, 1.165) is 20.6 Å². The molecule has 0 radical (unpaired) electrons. The van der Waals surface area contributed by atoms with Crippen LogP contribution in [0, 0.1) is 10.5 Å². The highest BCUT2D eigenvalue weighted by Gasteiger charge is 2.06. The Morgan fingerprint density at radius 1 is 1.29 bits per heavy atom. The minimum absolute atomic E-state index is 0.0807. The number of hydrogen-bond acceptors (Lipinski definition) is 2. The third-order valence-corrected chi connectivity index (χ3v) is 3.92.